The van der Waals surface area contributed by atoms with E-state index >= 15 is 0 Å². The Morgan fingerprint density at radius 2 is 1.93 bits per heavy atom. The Labute approximate surface area is 163 Å². The molecule has 0 unspecified atom stereocenters. The molecule has 1 aliphatic heterocycles. The van der Waals surface area contributed by atoms with Gasteiger partial charge in [0.1, 0.15) is 5.75 Å². The summed E-state index contributed by atoms with van der Waals surface area (Å²) in [5.74, 6) is 1.76. The van der Waals surface area contributed by atoms with Gasteiger partial charge in [-0.2, -0.15) is 0 Å². The van der Waals surface area contributed by atoms with E-state index in [0.29, 0.717) is 55.0 Å². The molecule has 0 aliphatic carbocycles. The van der Waals surface area contributed by atoms with Crippen molar-refractivity contribution in [1.82, 2.24) is 15.1 Å². The van der Waals surface area contributed by atoms with E-state index < -0.39 is 0 Å². The molecule has 1 aliphatic rings. The number of piperazine rings is 1. The Morgan fingerprint density at radius 1 is 1.15 bits per heavy atom. The lowest BCUT2D eigenvalue weighted by Gasteiger charge is -2.35. The maximum Gasteiger partial charge on any atom is 0.257 e. The van der Waals surface area contributed by atoms with Crippen molar-refractivity contribution < 1.29 is 14.3 Å². The van der Waals surface area contributed by atoms with Crippen LogP contribution >= 0.6 is 11.6 Å². The van der Waals surface area contributed by atoms with Crippen LogP contribution in [-0.2, 0) is 0 Å². The minimum atomic E-state index is -0.0802. The lowest BCUT2D eigenvalue weighted by molar-refractivity contribution is 0.0743. The fourth-order valence-corrected chi connectivity index (χ4v) is 3.09. The second kappa shape index (κ2) is 8.90. The highest BCUT2D eigenvalue weighted by Gasteiger charge is 2.25. The first-order valence-electron chi connectivity index (χ1n) is 8.96. The Bertz CT molecular complexity index is 777. The largest absolute Gasteiger partial charge is 0.496 e. The van der Waals surface area contributed by atoms with Crippen molar-refractivity contribution in [2.24, 2.45) is 0 Å². The molecule has 1 aromatic heterocycles. The van der Waals surface area contributed by atoms with E-state index in [2.05, 4.69) is 15.1 Å². The molecule has 144 valence electrons. The van der Waals surface area contributed by atoms with Gasteiger partial charge in [0, 0.05) is 37.3 Å². The van der Waals surface area contributed by atoms with Crippen molar-refractivity contribution in [3.05, 3.63) is 40.9 Å². The van der Waals surface area contributed by atoms with Gasteiger partial charge < -0.3 is 19.3 Å². The number of hydrogen-bond donors (Lipinski definition) is 0. The third-order valence-corrected chi connectivity index (χ3v) is 4.60. The van der Waals surface area contributed by atoms with E-state index in [1.807, 2.05) is 19.1 Å². The van der Waals surface area contributed by atoms with Crippen LogP contribution in [0.25, 0.3) is 0 Å². The van der Waals surface area contributed by atoms with Crippen LogP contribution in [0, 0.1) is 0 Å². The van der Waals surface area contributed by atoms with Crippen LogP contribution < -0.4 is 14.4 Å². The number of ether oxygens (including phenoxy) is 2. The van der Waals surface area contributed by atoms with Crippen LogP contribution in [0.5, 0.6) is 11.6 Å². The second-order valence-corrected chi connectivity index (χ2v) is 6.64. The number of halogens is 1. The highest BCUT2D eigenvalue weighted by molar-refractivity contribution is 6.31. The number of nitrogens with zero attached hydrogens (tertiary/aromatic N) is 4. The van der Waals surface area contributed by atoms with Crippen molar-refractivity contribution in [3.8, 4) is 11.6 Å². The van der Waals surface area contributed by atoms with Crippen molar-refractivity contribution >= 4 is 23.3 Å². The zero-order chi connectivity index (χ0) is 19.2. The number of anilines is 1. The van der Waals surface area contributed by atoms with E-state index in [9.17, 15) is 4.79 Å². The molecule has 27 heavy (non-hydrogen) atoms. The summed E-state index contributed by atoms with van der Waals surface area (Å²) >= 11 is 6.04. The normalized spacial score (nSPS) is 14.2. The van der Waals surface area contributed by atoms with Gasteiger partial charge in [0.15, 0.2) is 5.82 Å². The molecule has 0 saturated carbocycles. The van der Waals surface area contributed by atoms with E-state index in [-0.39, 0.29) is 5.91 Å². The molecule has 2 heterocycles. The Hall–Kier alpha value is -2.54. The van der Waals surface area contributed by atoms with Crippen molar-refractivity contribution in [2.45, 2.75) is 13.3 Å². The molecule has 3 rings (SSSR count). The quantitative estimate of drug-likeness (QED) is 0.755. The number of methoxy groups -OCH3 is 1. The van der Waals surface area contributed by atoms with Gasteiger partial charge in [-0.25, -0.2) is 0 Å². The molecular formula is C19H23ClN4O3. The molecule has 0 N–H and O–H groups in total. The first-order chi connectivity index (χ1) is 13.1. The number of hydrogen-bond acceptors (Lipinski definition) is 6. The number of carbonyl (C=O) groups is 1. The van der Waals surface area contributed by atoms with Gasteiger partial charge in [-0.15, -0.1) is 10.2 Å². The van der Waals surface area contributed by atoms with Crippen LogP contribution in [-0.4, -0.2) is 60.9 Å². The number of rotatable bonds is 6. The van der Waals surface area contributed by atoms with E-state index in [1.165, 1.54) is 0 Å². The predicted molar refractivity (Wildman–Crippen MR) is 104 cm³/mol. The summed E-state index contributed by atoms with van der Waals surface area (Å²) in [4.78, 5) is 16.8. The molecule has 7 nitrogen and oxygen atoms in total. The summed E-state index contributed by atoms with van der Waals surface area (Å²) in [6.45, 7) is 5.20. The van der Waals surface area contributed by atoms with Gasteiger partial charge >= 0.3 is 0 Å². The molecule has 8 heteroatoms. The summed E-state index contributed by atoms with van der Waals surface area (Å²) in [5, 5.41) is 8.84. The fourth-order valence-electron chi connectivity index (χ4n) is 2.92. The molecule has 0 atom stereocenters. The highest BCUT2D eigenvalue weighted by Crippen LogP contribution is 2.25. The maximum atomic E-state index is 12.8. The molecule has 1 amide bonds. The lowest BCUT2D eigenvalue weighted by atomic mass is 10.1. The van der Waals surface area contributed by atoms with Gasteiger partial charge in [-0.05, 0) is 30.7 Å². The van der Waals surface area contributed by atoms with Gasteiger partial charge in [0.2, 0.25) is 5.88 Å². The van der Waals surface area contributed by atoms with Gasteiger partial charge in [0.25, 0.3) is 5.91 Å². The van der Waals surface area contributed by atoms with E-state index in [0.717, 1.165) is 12.2 Å². The summed E-state index contributed by atoms with van der Waals surface area (Å²) in [7, 11) is 1.55. The second-order valence-electron chi connectivity index (χ2n) is 6.20. The number of benzene rings is 1. The zero-order valence-corrected chi connectivity index (χ0v) is 16.3. The molecule has 0 bridgehead atoms. The monoisotopic (exact) mass is 390 g/mol. The van der Waals surface area contributed by atoms with E-state index in [1.54, 1.807) is 30.2 Å². The Morgan fingerprint density at radius 3 is 2.56 bits per heavy atom. The fraction of sp³-hybridized carbons (Fsp3) is 0.421. The Balaban J connectivity index is 1.62. The molecule has 1 aromatic carbocycles. The van der Waals surface area contributed by atoms with Crippen LogP contribution in [0.3, 0.4) is 0 Å². The highest BCUT2D eigenvalue weighted by atomic mass is 35.5. The molecule has 1 fully saturated rings. The summed E-state index contributed by atoms with van der Waals surface area (Å²) in [5.41, 5.74) is 0.482. The summed E-state index contributed by atoms with van der Waals surface area (Å²) < 4.78 is 10.8. The molecule has 1 saturated heterocycles. The van der Waals surface area contributed by atoms with Crippen LogP contribution in [0.2, 0.25) is 5.02 Å². The minimum absolute atomic E-state index is 0.0802. The van der Waals surface area contributed by atoms with Gasteiger partial charge in [0.05, 0.1) is 19.3 Å². The standard InChI is InChI=1S/C19H23ClN4O3/c1-3-12-27-18-7-6-17(21-22-18)23-8-10-24(11-9-23)19(25)15-13-14(20)4-5-16(15)26-2/h4-7,13H,3,8-12H2,1-2H3. The van der Waals surface area contributed by atoms with Gasteiger partial charge in [-0.1, -0.05) is 18.5 Å². The summed E-state index contributed by atoms with van der Waals surface area (Å²) in [6.07, 6.45) is 0.927. The van der Waals surface area contributed by atoms with Gasteiger partial charge in [-0.3, -0.25) is 4.79 Å². The SMILES string of the molecule is CCCOc1ccc(N2CCN(C(=O)c3cc(Cl)ccc3OC)CC2)nn1. The Kier molecular flexibility index (Phi) is 6.34. The lowest BCUT2D eigenvalue weighted by Crippen LogP contribution is -2.49. The molecule has 0 radical (unpaired) electrons. The predicted octanol–water partition coefficient (Wildman–Crippen LogP) is 2.89. The molecular weight excluding hydrogens is 368 g/mol. The van der Waals surface area contributed by atoms with E-state index in [4.69, 9.17) is 21.1 Å². The van der Waals surface area contributed by atoms with Crippen LogP contribution in [0.1, 0.15) is 23.7 Å². The van der Waals surface area contributed by atoms with Crippen molar-refractivity contribution in [1.29, 1.82) is 0 Å². The first kappa shape index (κ1) is 19.2. The average molecular weight is 391 g/mol. The van der Waals surface area contributed by atoms with Crippen LogP contribution in [0.4, 0.5) is 5.82 Å². The van der Waals surface area contributed by atoms with Crippen LogP contribution in [0.15, 0.2) is 30.3 Å². The van der Waals surface area contributed by atoms with Crippen molar-refractivity contribution in [3.63, 3.8) is 0 Å². The third-order valence-electron chi connectivity index (χ3n) is 4.36. The first-order valence-corrected chi connectivity index (χ1v) is 9.34. The topological polar surface area (TPSA) is 67.8 Å². The smallest absolute Gasteiger partial charge is 0.257 e. The number of aromatic nitrogens is 2. The molecule has 2 aromatic rings. The number of carbonyl (C=O) groups excluding carboxylic acids is 1. The zero-order valence-electron chi connectivity index (χ0n) is 15.5. The minimum Gasteiger partial charge on any atom is -0.496 e. The third kappa shape index (κ3) is 4.60. The summed E-state index contributed by atoms with van der Waals surface area (Å²) in [6, 6.07) is 8.79. The average Bonchev–Trinajstić information content (AvgIpc) is 2.72. The molecule has 0 spiro atoms. The maximum absolute atomic E-state index is 12.8. The van der Waals surface area contributed by atoms with Crippen molar-refractivity contribution in [2.75, 3.05) is 44.8 Å². The number of amides is 1.